The third-order valence-electron chi connectivity index (χ3n) is 5.43. The molecule has 0 radical (unpaired) electrons. The lowest BCUT2D eigenvalue weighted by Gasteiger charge is -2.23. The van der Waals surface area contributed by atoms with Gasteiger partial charge in [0, 0.05) is 12.2 Å². The largest absolute Gasteiger partial charge is 0.467 e. The van der Waals surface area contributed by atoms with Crippen molar-refractivity contribution in [2.75, 3.05) is 13.7 Å². The number of benzene rings is 1. The zero-order chi connectivity index (χ0) is 24.3. The zero-order valence-electron chi connectivity index (χ0n) is 19.8. The van der Waals surface area contributed by atoms with Crippen LogP contribution in [-0.2, 0) is 19.0 Å². The molecule has 1 saturated heterocycles. The third-order valence-corrected chi connectivity index (χ3v) is 5.43. The molecule has 10 nitrogen and oxygen atoms in total. The van der Waals surface area contributed by atoms with E-state index in [0.717, 1.165) is 30.2 Å². The standard InChI is InChI=1S/C24H29N5O5/c1-24(2,3)34-23(31)28-20(22(30)32-4)16-10-8-15(9-11-16)19-17-13-27-29(21(17)26-14-25-19)18-7-5-6-12-33-18/h8-11,13-14,18,20H,5-7,12H2,1-4H3,(H,28,31). The van der Waals surface area contributed by atoms with Gasteiger partial charge in [0.25, 0.3) is 0 Å². The molecule has 1 aromatic carbocycles. The van der Waals surface area contributed by atoms with Gasteiger partial charge in [0.1, 0.15) is 11.9 Å². The number of rotatable bonds is 5. The lowest BCUT2D eigenvalue weighted by molar-refractivity contribution is -0.143. The van der Waals surface area contributed by atoms with Gasteiger partial charge >= 0.3 is 12.1 Å². The fourth-order valence-electron chi connectivity index (χ4n) is 3.87. The number of esters is 1. The summed E-state index contributed by atoms with van der Waals surface area (Å²) in [5.41, 5.74) is 2.10. The Morgan fingerprint density at radius 3 is 2.59 bits per heavy atom. The molecule has 1 amide bonds. The van der Waals surface area contributed by atoms with Crippen LogP contribution in [0.15, 0.2) is 36.8 Å². The number of alkyl carbamates (subject to hydrolysis) is 1. The van der Waals surface area contributed by atoms with Crippen molar-refractivity contribution in [3.8, 4) is 11.3 Å². The summed E-state index contributed by atoms with van der Waals surface area (Å²) in [5.74, 6) is -0.600. The summed E-state index contributed by atoms with van der Waals surface area (Å²) in [5, 5.41) is 7.90. The summed E-state index contributed by atoms with van der Waals surface area (Å²) in [7, 11) is 1.27. The van der Waals surface area contributed by atoms with Crippen molar-refractivity contribution in [3.05, 3.63) is 42.4 Å². The fourth-order valence-corrected chi connectivity index (χ4v) is 3.87. The van der Waals surface area contributed by atoms with Crippen molar-refractivity contribution >= 4 is 23.1 Å². The number of amides is 1. The summed E-state index contributed by atoms with van der Waals surface area (Å²) < 4.78 is 17.8. The van der Waals surface area contributed by atoms with Crippen LogP contribution in [0, 0.1) is 0 Å². The molecular weight excluding hydrogens is 438 g/mol. The van der Waals surface area contributed by atoms with Crippen LogP contribution >= 0.6 is 0 Å². The smallest absolute Gasteiger partial charge is 0.408 e. The van der Waals surface area contributed by atoms with E-state index in [-0.39, 0.29) is 6.23 Å². The molecule has 0 bridgehead atoms. The van der Waals surface area contributed by atoms with Crippen molar-refractivity contribution in [1.82, 2.24) is 25.1 Å². The molecule has 4 rings (SSSR count). The van der Waals surface area contributed by atoms with Gasteiger partial charge < -0.3 is 19.5 Å². The summed E-state index contributed by atoms with van der Waals surface area (Å²) in [6, 6.07) is 6.15. The number of ether oxygens (including phenoxy) is 3. The number of carbonyl (C=O) groups is 2. The minimum atomic E-state index is -1.01. The van der Waals surface area contributed by atoms with Gasteiger partial charge in [-0.3, -0.25) is 0 Å². The Morgan fingerprint density at radius 2 is 1.94 bits per heavy atom. The molecule has 2 unspecified atom stereocenters. The molecule has 0 aliphatic carbocycles. The molecule has 3 heterocycles. The normalized spacial score (nSPS) is 17.2. The Balaban J connectivity index is 1.60. The summed E-state index contributed by atoms with van der Waals surface area (Å²) in [6.07, 6.45) is 5.45. The van der Waals surface area contributed by atoms with Gasteiger partial charge in [-0.05, 0) is 45.6 Å². The van der Waals surface area contributed by atoms with Gasteiger partial charge in [-0.1, -0.05) is 24.3 Å². The molecule has 1 aliphatic rings. The highest BCUT2D eigenvalue weighted by molar-refractivity contribution is 5.90. The minimum Gasteiger partial charge on any atom is -0.467 e. The minimum absolute atomic E-state index is 0.129. The molecule has 1 N–H and O–H groups in total. The second-order valence-corrected chi connectivity index (χ2v) is 9.09. The first kappa shape index (κ1) is 23.6. The summed E-state index contributed by atoms with van der Waals surface area (Å²) in [4.78, 5) is 33.5. The lowest BCUT2D eigenvalue weighted by atomic mass is 10.0. The molecule has 10 heteroatoms. The predicted octanol–water partition coefficient (Wildman–Crippen LogP) is 3.93. The van der Waals surface area contributed by atoms with Gasteiger partial charge in [0.05, 0.1) is 24.4 Å². The van der Waals surface area contributed by atoms with E-state index in [1.807, 2.05) is 16.8 Å². The van der Waals surface area contributed by atoms with Crippen molar-refractivity contribution in [2.45, 2.75) is 57.9 Å². The van der Waals surface area contributed by atoms with E-state index in [9.17, 15) is 9.59 Å². The Kier molecular flexibility index (Phi) is 6.78. The molecular formula is C24H29N5O5. The van der Waals surface area contributed by atoms with Gasteiger partial charge in [-0.2, -0.15) is 5.10 Å². The number of aromatic nitrogens is 4. The first-order chi connectivity index (χ1) is 16.3. The van der Waals surface area contributed by atoms with E-state index < -0.39 is 23.7 Å². The highest BCUT2D eigenvalue weighted by atomic mass is 16.6. The van der Waals surface area contributed by atoms with Crippen LogP contribution in [0.25, 0.3) is 22.3 Å². The van der Waals surface area contributed by atoms with E-state index in [1.54, 1.807) is 39.1 Å². The van der Waals surface area contributed by atoms with Crippen LogP contribution in [0.3, 0.4) is 0 Å². The van der Waals surface area contributed by atoms with E-state index in [1.165, 1.54) is 13.4 Å². The Bertz CT molecular complexity index is 1160. The topological polar surface area (TPSA) is 117 Å². The Morgan fingerprint density at radius 1 is 1.18 bits per heavy atom. The maximum Gasteiger partial charge on any atom is 0.408 e. The molecule has 1 fully saturated rings. The molecule has 34 heavy (non-hydrogen) atoms. The van der Waals surface area contributed by atoms with Gasteiger partial charge in [-0.25, -0.2) is 24.2 Å². The van der Waals surface area contributed by atoms with Crippen molar-refractivity contribution < 1.29 is 23.8 Å². The maximum absolute atomic E-state index is 12.4. The van der Waals surface area contributed by atoms with Crippen molar-refractivity contribution in [3.63, 3.8) is 0 Å². The molecule has 3 aromatic rings. The third kappa shape index (κ3) is 5.17. The van der Waals surface area contributed by atoms with Gasteiger partial charge in [0.15, 0.2) is 17.9 Å². The monoisotopic (exact) mass is 467 g/mol. The second kappa shape index (κ2) is 9.76. The van der Waals surface area contributed by atoms with Gasteiger partial charge in [0.2, 0.25) is 0 Å². The number of nitrogens with one attached hydrogen (secondary N) is 1. The number of nitrogens with zero attached hydrogens (tertiary/aromatic N) is 4. The first-order valence-corrected chi connectivity index (χ1v) is 11.2. The average Bonchev–Trinajstić information content (AvgIpc) is 3.26. The van der Waals surface area contributed by atoms with Crippen LogP contribution in [0.2, 0.25) is 0 Å². The quantitative estimate of drug-likeness (QED) is 0.561. The number of hydrogen-bond donors (Lipinski definition) is 1. The highest BCUT2D eigenvalue weighted by Crippen LogP contribution is 2.30. The molecule has 2 atom stereocenters. The van der Waals surface area contributed by atoms with Crippen LogP contribution in [-0.4, -0.2) is 51.1 Å². The van der Waals surface area contributed by atoms with E-state index in [4.69, 9.17) is 14.2 Å². The zero-order valence-corrected chi connectivity index (χ0v) is 19.8. The van der Waals surface area contributed by atoms with Crippen LogP contribution in [0.1, 0.15) is 57.9 Å². The van der Waals surface area contributed by atoms with Crippen molar-refractivity contribution in [2.24, 2.45) is 0 Å². The number of carbonyl (C=O) groups excluding carboxylic acids is 2. The fraction of sp³-hybridized carbons (Fsp3) is 0.458. The van der Waals surface area contributed by atoms with Gasteiger partial charge in [-0.15, -0.1) is 0 Å². The van der Waals surface area contributed by atoms with Crippen LogP contribution in [0.5, 0.6) is 0 Å². The molecule has 180 valence electrons. The van der Waals surface area contributed by atoms with Crippen LogP contribution in [0.4, 0.5) is 4.79 Å². The van der Waals surface area contributed by atoms with E-state index in [0.29, 0.717) is 23.5 Å². The Hall–Kier alpha value is -3.53. The molecule has 2 aromatic heterocycles. The maximum atomic E-state index is 12.4. The number of hydrogen-bond acceptors (Lipinski definition) is 8. The summed E-state index contributed by atoms with van der Waals surface area (Å²) >= 11 is 0. The van der Waals surface area contributed by atoms with Crippen molar-refractivity contribution in [1.29, 1.82) is 0 Å². The Labute approximate surface area is 197 Å². The molecule has 0 saturated carbocycles. The number of methoxy groups -OCH3 is 1. The van der Waals surface area contributed by atoms with E-state index >= 15 is 0 Å². The molecule has 1 aliphatic heterocycles. The van der Waals surface area contributed by atoms with Crippen LogP contribution < -0.4 is 5.32 Å². The second-order valence-electron chi connectivity index (χ2n) is 9.09. The average molecular weight is 468 g/mol. The first-order valence-electron chi connectivity index (χ1n) is 11.2. The predicted molar refractivity (Wildman–Crippen MR) is 124 cm³/mol. The number of fused-ring (bicyclic) bond motifs is 1. The SMILES string of the molecule is COC(=O)C(NC(=O)OC(C)(C)C)c1ccc(-c2ncnc3c2cnn3C2CCCCO2)cc1. The summed E-state index contributed by atoms with van der Waals surface area (Å²) in [6.45, 7) is 5.96. The lowest BCUT2D eigenvalue weighted by Crippen LogP contribution is -2.38. The molecule has 0 spiro atoms. The van der Waals surface area contributed by atoms with E-state index in [2.05, 4.69) is 20.4 Å². The highest BCUT2D eigenvalue weighted by Gasteiger charge is 2.27.